The van der Waals surface area contributed by atoms with Crippen LogP contribution in [0, 0.1) is 0 Å². The molecule has 2 nitrogen and oxygen atoms in total. The average Bonchev–Trinajstić information content (AvgIpc) is 2.21. The highest BCUT2D eigenvalue weighted by atomic mass is 79.9. The minimum absolute atomic E-state index is 0.0604. The molecule has 0 heterocycles. The molecule has 1 aliphatic carbocycles. The van der Waals surface area contributed by atoms with E-state index in [-0.39, 0.29) is 17.3 Å². The summed E-state index contributed by atoms with van der Waals surface area (Å²) in [5.74, 6) is -2.13. The summed E-state index contributed by atoms with van der Waals surface area (Å²) in [5.41, 5.74) is -0.462. The largest absolute Gasteiger partial charge is 0.383 e. The van der Waals surface area contributed by atoms with Gasteiger partial charge in [-0.15, -0.1) is 0 Å². The summed E-state index contributed by atoms with van der Waals surface area (Å²) in [6.07, 6.45) is 2.93. The standard InChI is InChI=1S/C11H12BrF2NO/c1-15(2)6-5-9(16)10-8(13)4-3-7(12)11(10)14/h5-6H,3-4H2,1-2H3/b6-5+. The van der Waals surface area contributed by atoms with Crippen molar-refractivity contribution in [1.29, 1.82) is 0 Å². The van der Waals surface area contributed by atoms with Crippen molar-refractivity contribution in [2.75, 3.05) is 14.1 Å². The lowest BCUT2D eigenvalue weighted by Crippen LogP contribution is -2.09. The molecule has 0 saturated carbocycles. The monoisotopic (exact) mass is 291 g/mol. The van der Waals surface area contributed by atoms with E-state index in [0.29, 0.717) is 0 Å². The van der Waals surface area contributed by atoms with Gasteiger partial charge in [-0.1, -0.05) is 15.9 Å². The molecule has 0 amide bonds. The van der Waals surface area contributed by atoms with E-state index in [9.17, 15) is 13.6 Å². The van der Waals surface area contributed by atoms with Crippen LogP contribution in [-0.4, -0.2) is 24.8 Å². The molecule has 16 heavy (non-hydrogen) atoms. The number of carbonyl (C=O) groups is 1. The highest BCUT2D eigenvalue weighted by Gasteiger charge is 2.25. The molecule has 0 aromatic carbocycles. The van der Waals surface area contributed by atoms with E-state index in [4.69, 9.17) is 0 Å². The molecular weight excluding hydrogens is 280 g/mol. The van der Waals surface area contributed by atoms with Crippen LogP contribution in [0.2, 0.25) is 0 Å². The van der Waals surface area contributed by atoms with Gasteiger partial charge in [-0.3, -0.25) is 4.79 Å². The Kier molecular flexibility index (Phi) is 4.41. The lowest BCUT2D eigenvalue weighted by atomic mass is 10.0. The predicted molar refractivity (Wildman–Crippen MR) is 62.3 cm³/mol. The quantitative estimate of drug-likeness (QED) is 0.744. The molecule has 0 aromatic rings. The van der Waals surface area contributed by atoms with Crippen LogP contribution < -0.4 is 0 Å². The van der Waals surface area contributed by atoms with E-state index < -0.39 is 23.0 Å². The van der Waals surface area contributed by atoms with Crippen LogP contribution in [0.3, 0.4) is 0 Å². The molecule has 0 N–H and O–H groups in total. The molecule has 0 unspecified atom stereocenters. The first-order valence-electron chi connectivity index (χ1n) is 4.75. The van der Waals surface area contributed by atoms with Crippen molar-refractivity contribution in [2.45, 2.75) is 12.8 Å². The maximum atomic E-state index is 13.5. The van der Waals surface area contributed by atoms with Gasteiger partial charge in [0.1, 0.15) is 11.7 Å². The normalized spacial score (nSPS) is 17.3. The van der Waals surface area contributed by atoms with Crippen LogP contribution in [0.15, 0.2) is 34.0 Å². The van der Waals surface area contributed by atoms with Crippen LogP contribution in [0.5, 0.6) is 0 Å². The number of nitrogens with zero attached hydrogens (tertiary/aromatic N) is 1. The zero-order valence-corrected chi connectivity index (χ0v) is 10.6. The SMILES string of the molecule is CN(C)/C=C/C(=O)C1=C(F)CCC(Br)=C1F. The highest BCUT2D eigenvalue weighted by Crippen LogP contribution is 2.35. The second-order valence-corrected chi connectivity index (χ2v) is 4.60. The van der Waals surface area contributed by atoms with E-state index in [2.05, 4.69) is 15.9 Å². The van der Waals surface area contributed by atoms with E-state index in [1.54, 1.807) is 19.0 Å². The number of allylic oxidation sites excluding steroid dienone is 5. The lowest BCUT2D eigenvalue weighted by Gasteiger charge is -2.12. The highest BCUT2D eigenvalue weighted by molar-refractivity contribution is 9.11. The second-order valence-electron chi connectivity index (χ2n) is 3.64. The van der Waals surface area contributed by atoms with E-state index in [1.807, 2.05) is 0 Å². The number of carbonyl (C=O) groups excluding carboxylic acids is 1. The third-order valence-corrected chi connectivity index (χ3v) is 2.81. The first-order chi connectivity index (χ1) is 7.43. The Balaban J connectivity index is 2.99. The van der Waals surface area contributed by atoms with Crippen molar-refractivity contribution in [1.82, 2.24) is 4.90 Å². The fraction of sp³-hybridized carbons (Fsp3) is 0.364. The van der Waals surface area contributed by atoms with Gasteiger partial charge >= 0.3 is 0 Å². The molecular formula is C11H12BrF2NO. The Hall–Kier alpha value is -0.970. The maximum Gasteiger partial charge on any atom is 0.192 e. The van der Waals surface area contributed by atoms with Gasteiger partial charge in [-0.05, 0) is 6.42 Å². The van der Waals surface area contributed by atoms with Gasteiger partial charge < -0.3 is 4.90 Å². The Labute approximate surface area is 101 Å². The van der Waals surface area contributed by atoms with Gasteiger partial charge in [0.15, 0.2) is 5.78 Å². The lowest BCUT2D eigenvalue weighted by molar-refractivity contribution is -0.111. The van der Waals surface area contributed by atoms with Gasteiger partial charge in [-0.25, -0.2) is 8.78 Å². The van der Waals surface area contributed by atoms with E-state index >= 15 is 0 Å². The number of ketones is 1. The van der Waals surface area contributed by atoms with Crippen LogP contribution >= 0.6 is 15.9 Å². The van der Waals surface area contributed by atoms with E-state index in [1.165, 1.54) is 6.20 Å². The van der Waals surface area contributed by atoms with Crippen molar-refractivity contribution in [3.8, 4) is 0 Å². The molecule has 0 aromatic heterocycles. The smallest absolute Gasteiger partial charge is 0.192 e. The Morgan fingerprint density at radius 2 is 2.00 bits per heavy atom. The zero-order chi connectivity index (χ0) is 12.3. The average molecular weight is 292 g/mol. The van der Waals surface area contributed by atoms with Crippen LogP contribution in [-0.2, 0) is 4.79 Å². The van der Waals surface area contributed by atoms with Crippen LogP contribution in [0.4, 0.5) is 8.78 Å². The van der Waals surface area contributed by atoms with Crippen molar-refractivity contribution in [3.63, 3.8) is 0 Å². The third kappa shape index (κ3) is 3.01. The van der Waals surface area contributed by atoms with Crippen molar-refractivity contribution in [3.05, 3.63) is 34.0 Å². The molecule has 0 spiro atoms. The molecule has 1 aliphatic rings. The zero-order valence-electron chi connectivity index (χ0n) is 9.06. The van der Waals surface area contributed by atoms with Crippen LogP contribution in [0.1, 0.15) is 12.8 Å². The molecule has 0 saturated heterocycles. The van der Waals surface area contributed by atoms with Crippen molar-refractivity contribution in [2.24, 2.45) is 0 Å². The van der Waals surface area contributed by atoms with Gasteiger partial charge in [0.05, 0.1) is 5.57 Å². The van der Waals surface area contributed by atoms with Crippen molar-refractivity contribution < 1.29 is 13.6 Å². The molecule has 5 heteroatoms. The summed E-state index contributed by atoms with van der Waals surface area (Å²) in [7, 11) is 3.44. The minimum Gasteiger partial charge on any atom is -0.383 e. The Bertz CT molecular complexity index is 397. The summed E-state index contributed by atoms with van der Waals surface area (Å²) in [6, 6.07) is 0. The Morgan fingerprint density at radius 3 is 2.56 bits per heavy atom. The first kappa shape index (κ1) is 13.1. The third-order valence-electron chi connectivity index (χ3n) is 2.06. The maximum absolute atomic E-state index is 13.5. The van der Waals surface area contributed by atoms with Crippen LogP contribution in [0.25, 0.3) is 0 Å². The summed E-state index contributed by atoms with van der Waals surface area (Å²) < 4.78 is 27.1. The number of rotatable bonds is 3. The van der Waals surface area contributed by atoms with Gasteiger partial charge in [0, 0.05) is 37.3 Å². The molecule has 0 atom stereocenters. The first-order valence-corrected chi connectivity index (χ1v) is 5.55. The fourth-order valence-corrected chi connectivity index (χ4v) is 1.65. The summed E-state index contributed by atoms with van der Waals surface area (Å²) in [5, 5.41) is 0. The molecule has 0 fully saturated rings. The second kappa shape index (κ2) is 5.39. The van der Waals surface area contributed by atoms with Gasteiger partial charge in [-0.2, -0.15) is 0 Å². The van der Waals surface area contributed by atoms with Crippen molar-refractivity contribution >= 4 is 21.7 Å². The number of hydrogen-bond acceptors (Lipinski definition) is 2. The summed E-state index contributed by atoms with van der Waals surface area (Å²) in [6.45, 7) is 0. The molecule has 0 radical (unpaired) electrons. The predicted octanol–water partition coefficient (Wildman–Crippen LogP) is 3.22. The fourth-order valence-electron chi connectivity index (χ4n) is 1.25. The topological polar surface area (TPSA) is 20.3 Å². The number of halogens is 3. The Morgan fingerprint density at radius 1 is 1.38 bits per heavy atom. The minimum atomic E-state index is -0.794. The number of hydrogen-bond donors (Lipinski definition) is 0. The van der Waals surface area contributed by atoms with Gasteiger partial charge in [0.2, 0.25) is 0 Å². The summed E-state index contributed by atoms with van der Waals surface area (Å²) >= 11 is 2.99. The molecule has 1 rings (SSSR count). The molecule has 0 bridgehead atoms. The molecule has 0 aliphatic heterocycles. The van der Waals surface area contributed by atoms with Gasteiger partial charge in [0.25, 0.3) is 0 Å². The summed E-state index contributed by atoms with van der Waals surface area (Å²) in [4.78, 5) is 13.2. The molecule has 88 valence electrons. The van der Waals surface area contributed by atoms with E-state index in [0.717, 1.165) is 6.08 Å².